The number of piperazine rings is 1. The van der Waals surface area contributed by atoms with Gasteiger partial charge in [0.15, 0.2) is 0 Å². The van der Waals surface area contributed by atoms with Crippen LogP contribution in [0.4, 0.5) is 0 Å². The predicted octanol–water partition coefficient (Wildman–Crippen LogP) is 2.26. The van der Waals surface area contributed by atoms with Gasteiger partial charge in [0.05, 0.1) is 11.5 Å². The van der Waals surface area contributed by atoms with E-state index >= 15 is 0 Å². The van der Waals surface area contributed by atoms with E-state index in [9.17, 15) is 13.2 Å². The number of ether oxygens (including phenoxy) is 1. The van der Waals surface area contributed by atoms with E-state index in [0.29, 0.717) is 50.5 Å². The molecule has 1 N–H and O–H groups in total. The van der Waals surface area contributed by atoms with Gasteiger partial charge < -0.3 is 15.0 Å². The van der Waals surface area contributed by atoms with Gasteiger partial charge in [0.25, 0.3) is 5.91 Å². The molecular weight excluding hydrogens is 402 g/mol. The molecule has 2 aromatic rings. The van der Waals surface area contributed by atoms with Crippen molar-refractivity contribution in [1.82, 2.24) is 14.5 Å². The Kier molecular flexibility index (Phi) is 7.12. The number of nitrogens with one attached hydrogen (secondary N) is 1. The first-order chi connectivity index (χ1) is 14.3. The normalized spacial score (nSPS) is 15.7. The van der Waals surface area contributed by atoms with Gasteiger partial charge in [-0.2, -0.15) is 4.31 Å². The molecule has 2 aromatic carbocycles. The number of carbonyl (C=O) groups is 1. The molecular formula is C22H29N3O4S. The van der Waals surface area contributed by atoms with Crippen LogP contribution >= 0.6 is 0 Å². The van der Waals surface area contributed by atoms with E-state index < -0.39 is 10.0 Å². The fourth-order valence-electron chi connectivity index (χ4n) is 3.41. The third-order valence-corrected chi connectivity index (χ3v) is 7.28. The highest BCUT2D eigenvalue weighted by molar-refractivity contribution is 7.89. The summed E-state index contributed by atoms with van der Waals surface area (Å²) in [4.78, 5) is 15.0. The molecule has 0 spiro atoms. The van der Waals surface area contributed by atoms with Crippen molar-refractivity contribution in [2.24, 2.45) is 0 Å². The highest BCUT2D eigenvalue weighted by atomic mass is 32.2. The van der Waals surface area contributed by atoms with Gasteiger partial charge in [-0.1, -0.05) is 24.3 Å². The molecule has 1 aliphatic rings. The minimum atomic E-state index is -3.65. The quantitative estimate of drug-likeness (QED) is 0.728. The number of likely N-dealkylation sites (N-methyl/N-ethyl adjacent to an activating group) is 1. The van der Waals surface area contributed by atoms with Crippen LogP contribution in [-0.2, 0) is 16.6 Å². The van der Waals surface area contributed by atoms with Crippen molar-refractivity contribution in [2.75, 3.05) is 39.8 Å². The second-order valence-electron chi connectivity index (χ2n) is 7.41. The number of hydrogen-bond donors (Lipinski definition) is 1. The summed E-state index contributed by atoms with van der Waals surface area (Å²) in [5.74, 6) is 0.402. The predicted molar refractivity (Wildman–Crippen MR) is 116 cm³/mol. The van der Waals surface area contributed by atoms with Gasteiger partial charge >= 0.3 is 0 Å². The van der Waals surface area contributed by atoms with Gasteiger partial charge in [0.1, 0.15) is 5.75 Å². The van der Waals surface area contributed by atoms with E-state index in [4.69, 9.17) is 4.74 Å². The topological polar surface area (TPSA) is 78.9 Å². The number of benzene rings is 2. The van der Waals surface area contributed by atoms with Crippen molar-refractivity contribution in [3.05, 3.63) is 59.2 Å². The van der Waals surface area contributed by atoms with Crippen molar-refractivity contribution in [3.8, 4) is 5.75 Å². The lowest BCUT2D eigenvalue weighted by atomic mass is 10.1. The molecule has 1 heterocycles. The van der Waals surface area contributed by atoms with Crippen LogP contribution in [0.1, 0.15) is 28.4 Å². The molecule has 162 valence electrons. The Bertz CT molecular complexity index is 999. The Labute approximate surface area is 178 Å². The number of hydrogen-bond acceptors (Lipinski definition) is 5. The zero-order chi connectivity index (χ0) is 21.7. The third kappa shape index (κ3) is 5.00. The van der Waals surface area contributed by atoms with Crippen molar-refractivity contribution in [1.29, 1.82) is 0 Å². The fraction of sp³-hybridized carbons (Fsp3) is 0.409. The first-order valence-corrected chi connectivity index (χ1v) is 11.5. The molecule has 8 heteroatoms. The Morgan fingerprint density at radius 1 is 1.10 bits per heavy atom. The van der Waals surface area contributed by atoms with Gasteiger partial charge in [-0.25, -0.2) is 8.42 Å². The lowest BCUT2D eigenvalue weighted by Crippen LogP contribution is -2.47. The van der Waals surface area contributed by atoms with Crippen LogP contribution in [0.3, 0.4) is 0 Å². The van der Waals surface area contributed by atoms with Crippen molar-refractivity contribution < 1.29 is 17.9 Å². The van der Waals surface area contributed by atoms with Crippen LogP contribution in [0.2, 0.25) is 0 Å². The SMILES string of the molecule is CCOc1ccccc1CNC(=O)c1ccc(C)c(S(=O)(=O)N2CCN(C)CC2)c1. The number of rotatable bonds is 7. The number of amides is 1. The number of sulfonamides is 1. The van der Waals surface area contributed by atoms with Gasteiger partial charge in [-0.05, 0) is 44.7 Å². The van der Waals surface area contributed by atoms with Crippen LogP contribution in [0.5, 0.6) is 5.75 Å². The molecule has 0 atom stereocenters. The molecule has 1 amide bonds. The Hall–Kier alpha value is -2.42. The lowest BCUT2D eigenvalue weighted by molar-refractivity contribution is 0.0950. The maximum absolute atomic E-state index is 13.1. The summed E-state index contributed by atoms with van der Waals surface area (Å²) in [6.45, 7) is 6.77. The summed E-state index contributed by atoms with van der Waals surface area (Å²) in [6, 6.07) is 12.3. The fourth-order valence-corrected chi connectivity index (χ4v) is 5.08. The first kappa shape index (κ1) is 22.3. The summed E-state index contributed by atoms with van der Waals surface area (Å²) in [6.07, 6.45) is 0. The summed E-state index contributed by atoms with van der Waals surface area (Å²) in [7, 11) is -1.67. The number of carbonyl (C=O) groups excluding carboxylic acids is 1. The average molecular weight is 432 g/mol. The second-order valence-corrected chi connectivity index (χ2v) is 9.32. The van der Waals surface area contributed by atoms with Crippen LogP contribution in [0, 0.1) is 6.92 Å². The minimum absolute atomic E-state index is 0.189. The van der Waals surface area contributed by atoms with Crippen LogP contribution < -0.4 is 10.1 Å². The molecule has 30 heavy (non-hydrogen) atoms. The number of para-hydroxylation sites is 1. The largest absolute Gasteiger partial charge is 0.494 e. The number of aryl methyl sites for hydroxylation is 1. The van der Waals surface area contributed by atoms with E-state index in [-0.39, 0.29) is 10.8 Å². The molecule has 0 unspecified atom stereocenters. The van der Waals surface area contributed by atoms with Gasteiger partial charge in [-0.15, -0.1) is 0 Å². The number of nitrogens with zero attached hydrogens (tertiary/aromatic N) is 2. The highest BCUT2D eigenvalue weighted by Gasteiger charge is 2.29. The van der Waals surface area contributed by atoms with E-state index in [1.165, 1.54) is 10.4 Å². The summed E-state index contributed by atoms with van der Waals surface area (Å²) >= 11 is 0. The van der Waals surface area contributed by atoms with Gasteiger partial charge in [0.2, 0.25) is 10.0 Å². The molecule has 0 radical (unpaired) electrons. The van der Waals surface area contributed by atoms with Crippen LogP contribution in [0.25, 0.3) is 0 Å². The average Bonchev–Trinajstić information content (AvgIpc) is 2.73. The molecule has 0 aliphatic carbocycles. The maximum Gasteiger partial charge on any atom is 0.251 e. The van der Waals surface area contributed by atoms with Crippen molar-refractivity contribution in [3.63, 3.8) is 0 Å². The molecule has 0 aromatic heterocycles. The minimum Gasteiger partial charge on any atom is -0.494 e. The molecule has 3 rings (SSSR count). The molecule has 1 saturated heterocycles. The summed E-state index contributed by atoms with van der Waals surface area (Å²) in [5.41, 5.74) is 1.82. The maximum atomic E-state index is 13.1. The van der Waals surface area contributed by atoms with E-state index in [0.717, 1.165) is 11.3 Å². The van der Waals surface area contributed by atoms with Crippen LogP contribution in [-0.4, -0.2) is 63.4 Å². The standard InChI is InChI=1S/C22H29N3O4S/c1-4-29-20-8-6-5-7-19(20)16-23-22(26)18-10-9-17(2)21(15-18)30(27,28)25-13-11-24(3)12-14-25/h5-10,15H,4,11-14,16H2,1-3H3,(H,23,26). The molecule has 7 nitrogen and oxygen atoms in total. The zero-order valence-electron chi connectivity index (χ0n) is 17.7. The Balaban J connectivity index is 1.77. The van der Waals surface area contributed by atoms with E-state index in [1.54, 1.807) is 19.1 Å². The Morgan fingerprint density at radius 2 is 1.80 bits per heavy atom. The zero-order valence-corrected chi connectivity index (χ0v) is 18.5. The summed E-state index contributed by atoms with van der Waals surface area (Å²) in [5, 5.41) is 2.86. The summed E-state index contributed by atoms with van der Waals surface area (Å²) < 4.78 is 33.4. The first-order valence-electron chi connectivity index (χ1n) is 10.1. The second kappa shape index (κ2) is 9.59. The van der Waals surface area contributed by atoms with E-state index in [1.807, 2.05) is 38.2 Å². The smallest absolute Gasteiger partial charge is 0.251 e. The van der Waals surface area contributed by atoms with Crippen LogP contribution in [0.15, 0.2) is 47.4 Å². The molecule has 0 saturated carbocycles. The highest BCUT2D eigenvalue weighted by Crippen LogP contribution is 2.23. The van der Waals surface area contributed by atoms with Crippen molar-refractivity contribution in [2.45, 2.75) is 25.3 Å². The molecule has 1 fully saturated rings. The lowest BCUT2D eigenvalue weighted by Gasteiger charge is -2.32. The molecule has 1 aliphatic heterocycles. The monoisotopic (exact) mass is 431 g/mol. The van der Waals surface area contributed by atoms with E-state index in [2.05, 4.69) is 10.2 Å². The molecule has 0 bridgehead atoms. The van der Waals surface area contributed by atoms with Gasteiger partial charge in [-0.3, -0.25) is 4.79 Å². The Morgan fingerprint density at radius 3 is 2.50 bits per heavy atom. The van der Waals surface area contributed by atoms with Crippen molar-refractivity contribution >= 4 is 15.9 Å². The van der Waals surface area contributed by atoms with Gasteiger partial charge in [0, 0.05) is 43.9 Å². The third-order valence-electron chi connectivity index (χ3n) is 5.24.